The third kappa shape index (κ3) is 16.3. The van der Waals surface area contributed by atoms with Gasteiger partial charge in [0.15, 0.2) is 0 Å². The van der Waals surface area contributed by atoms with Gasteiger partial charge in [0.1, 0.15) is 0 Å². The summed E-state index contributed by atoms with van der Waals surface area (Å²) in [5.74, 6) is 0. The van der Waals surface area contributed by atoms with Gasteiger partial charge in [0.25, 0.3) is 0 Å². The van der Waals surface area contributed by atoms with E-state index in [2.05, 4.69) is 78.9 Å². The minimum Gasteiger partial charge on any atom is -0.391 e. The van der Waals surface area contributed by atoms with Crippen molar-refractivity contribution in [3.05, 3.63) is 46.6 Å². The van der Waals surface area contributed by atoms with Crippen molar-refractivity contribution in [3.63, 3.8) is 0 Å². The molecule has 0 aliphatic carbocycles. The molecule has 0 bridgehead atoms. The lowest BCUT2D eigenvalue weighted by Gasteiger charge is -2.21. The molecule has 25 heavy (non-hydrogen) atoms. The van der Waals surface area contributed by atoms with E-state index in [1.165, 1.54) is 22.3 Å². The molecule has 0 heterocycles. The summed E-state index contributed by atoms with van der Waals surface area (Å²) in [4.78, 5) is 0. The molecule has 0 aromatic rings. The highest BCUT2D eigenvalue weighted by atomic mass is 28.4. The van der Waals surface area contributed by atoms with Crippen molar-refractivity contribution in [1.82, 2.24) is 0 Å². The summed E-state index contributed by atoms with van der Waals surface area (Å²) in [6, 6.07) is 0. The SMILES string of the molecule is CC(C)=CCC/C(C)=C\CO[Si](C)(C)OC/C=C(/C)CCC=C(C)C. The number of hydrogen-bond donors (Lipinski definition) is 0. The van der Waals surface area contributed by atoms with Crippen molar-refractivity contribution in [2.45, 2.75) is 80.3 Å². The second-order valence-corrected chi connectivity index (χ2v) is 11.1. The summed E-state index contributed by atoms with van der Waals surface area (Å²) in [5, 5.41) is 0. The van der Waals surface area contributed by atoms with Crippen molar-refractivity contribution in [1.29, 1.82) is 0 Å². The van der Waals surface area contributed by atoms with Crippen LogP contribution >= 0.6 is 0 Å². The Morgan fingerprint density at radius 3 is 1.32 bits per heavy atom. The fraction of sp³-hybridized carbons (Fsp3) is 0.636. The van der Waals surface area contributed by atoms with Crippen LogP contribution in [-0.2, 0) is 8.85 Å². The van der Waals surface area contributed by atoms with Crippen molar-refractivity contribution < 1.29 is 8.85 Å². The predicted molar refractivity (Wildman–Crippen MR) is 114 cm³/mol. The van der Waals surface area contributed by atoms with E-state index in [0.29, 0.717) is 13.2 Å². The fourth-order valence-electron chi connectivity index (χ4n) is 2.19. The van der Waals surface area contributed by atoms with Crippen LogP contribution in [-0.4, -0.2) is 21.8 Å². The van der Waals surface area contributed by atoms with Crippen LogP contribution in [0.5, 0.6) is 0 Å². The van der Waals surface area contributed by atoms with E-state index in [4.69, 9.17) is 8.85 Å². The Hall–Kier alpha value is -0.903. The summed E-state index contributed by atoms with van der Waals surface area (Å²) < 4.78 is 12.0. The predicted octanol–water partition coefficient (Wildman–Crippen LogP) is 7.11. The zero-order chi connectivity index (χ0) is 19.3. The molecule has 0 rings (SSSR count). The molecule has 0 aliphatic heterocycles. The Kier molecular flexibility index (Phi) is 12.8. The van der Waals surface area contributed by atoms with E-state index in [9.17, 15) is 0 Å². The van der Waals surface area contributed by atoms with Gasteiger partial charge in [-0.3, -0.25) is 0 Å². The molecular formula is C22H40O2Si. The van der Waals surface area contributed by atoms with Crippen molar-refractivity contribution in [2.75, 3.05) is 13.2 Å². The Balaban J connectivity index is 4.11. The van der Waals surface area contributed by atoms with E-state index in [1.54, 1.807) is 0 Å². The largest absolute Gasteiger partial charge is 0.391 e. The molecule has 0 atom stereocenters. The second-order valence-electron chi connectivity index (χ2n) is 7.76. The first-order valence-corrected chi connectivity index (χ1v) is 12.3. The van der Waals surface area contributed by atoms with Gasteiger partial charge in [-0.15, -0.1) is 0 Å². The summed E-state index contributed by atoms with van der Waals surface area (Å²) in [5.41, 5.74) is 5.54. The number of hydrogen-bond acceptors (Lipinski definition) is 2. The highest BCUT2D eigenvalue weighted by molar-refractivity contribution is 6.64. The smallest absolute Gasteiger partial charge is 0.332 e. The van der Waals surface area contributed by atoms with Gasteiger partial charge in [-0.25, -0.2) is 0 Å². The van der Waals surface area contributed by atoms with Gasteiger partial charge in [0, 0.05) is 0 Å². The van der Waals surface area contributed by atoms with E-state index in [0.717, 1.165) is 25.7 Å². The lowest BCUT2D eigenvalue weighted by Crippen LogP contribution is -2.35. The molecule has 0 saturated carbocycles. The second kappa shape index (κ2) is 13.3. The minimum atomic E-state index is -2.05. The summed E-state index contributed by atoms with van der Waals surface area (Å²) >= 11 is 0. The Morgan fingerprint density at radius 2 is 1.00 bits per heavy atom. The Labute approximate surface area is 157 Å². The van der Waals surface area contributed by atoms with Crippen molar-refractivity contribution >= 4 is 8.56 Å². The molecule has 0 N–H and O–H groups in total. The maximum absolute atomic E-state index is 6.01. The van der Waals surface area contributed by atoms with Crippen LogP contribution in [0.1, 0.15) is 67.2 Å². The first-order chi connectivity index (χ1) is 11.6. The average Bonchev–Trinajstić information content (AvgIpc) is 2.45. The van der Waals surface area contributed by atoms with E-state index < -0.39 is 8.56 Å². The van der Waals surface area contributed by atoms with Crippen LogP contribution in [0.3, 0.4) is 0 Å². The topological polar surface area (TPSA) is 18.5 Å². The van der Waals surface area contributed by atoms with Gasteiger partial charge < -0.3 is 8.85 Å². The standard InChI is InChI=1S/C22H40O2Si/c1-19(2)11-9-13-21(5)15-17-23-25(7,8)24-18-16-22(6)14-10-12-20(3)4/h11-12,15-16H,9-10,13-14,17-18H2,1-8H3/b21-15-,22-16-. The number of rotatable bonds is 12. The monoisotopic (exact) mass is 364 g/mol. The Morgan fingerprint density at radius 1 is 0.640 bits per heavy atom. The van der Waals surface area contributed by atoms with E-state index in [-0.39, 0.29) is 0 Å². The van der Waals surface area contributed by atoms with Gasteiger partial charge in [-0.1, -0.05) is 46.6 Å². The zero-order valence-electron chi connectivity index (χ0n) is 17.9. The van der Waals surface area contributed by atoms with Gasteiger partial charge in [-0.05, 0) is 80.3 Å². The van der Waals surface area contributed by atoms with Crippen LogP contribution < -0.4 is 0 Å². The normalized spacial score (nSPS) is 13.0. The van der Waals surface area contributed by atoms with Crippen molar-refractivity contribution in [2.24, 2.45) is 0 Å². The third-order valence-corrected chi connectivity index (χ3v) is 5.63. The lowest BCUT2D eigenvalue weighted by atomic mass is 10.1. The molecule has 0 saturated heterocycles. The van der Waals surface area contributed by atoms with Gasteiger partial charge >= 0.3 is 8.56 Å². The fourth-order valence-corrected chi connectivity index (χ4v) is 3.24. The minimum absolute atomic E-state index is 0.656. The molecule has 144 valence electrons. The van der Waals surface area contributed by atoms with Crippen LogP contribution in [0.4, 0.5) is 0 Å². The molecule has 3 heteroatoms. The van der Waals surface area contributed by atoms with Gasteiger partial charge in [0.05, 0.1) is 13.2 Å². The molecule has 0 radical (unpaired) electrons. The average molecular weight is 365 g/mol. The maximum Gasteiger partial charge on any atom is 0.332 e. The molecular weight excluding hydrogens is 324 g/mol. The first kappa shape index (κ1) is 24.1. The van der Waals surface area contributed by atoms with E-state index in [1.807, 2.05) is 0 Å². The third-order valence-electron chi connectivity index (χ3n) is 3.91. The van der Waals surface area contributed by atoms with Gasteiger partial charge in [-0.2, -0.15) is 0 Å². The molecule has 0 fully saturated rings. The van der Waals surface area contributed by atoms with Crippen LogP contribution in [0.25, 0.3) is 0 Å². The number of allylic oxidation sites excluding steroid dienone is 6. The highest BCUT2D eigenvalue weighted by Gasteiger charge is 2.23. The van der Waals surface area contributed by atoms with Crippen LogP contribution in [0, 0.1) is 0 Å². The van der Waals surface area contributed by atoms with Crippen LogP contribution in [0.15, 0.2) is 46.6 Å². The molecule has 0 aromatic heterocycles. The molecule has 0 unspecified atom stereocenters. The molecule has 2 nitrogen and oxygen atoms in total. The van der Waals surface area contributed by atoms with E-state index >= 15 is 0 Å². The molecule has 0 aliphatic rings. The lowest BCUT2D eigenvalue weighted by molar-refractivity contribution is 0.213. The highest BCUT2D eigenvalue weighted by Crippen LogP contribution is 2.11. The molecule has 0 aromatic carbocycles. The Bertz CT molecular complexity index is 444. The molecule has 0 spiro atoms. The summed E-state index contributed by atoms with van der Waals surface area (Å²) in [7, 11) is -2.05. The first-order valence-electron chi connectivity index (χ1n) is 9.48. The zero-order valence-corrected chi connectivity index (χ0v) is 18.9. The quantitative estimate of drug-likeness (QED) is 0.271. The van der Waals surface area contributed by atoms with Crippen molar-refractivity contribution in [3.8, 4) is 0 Å². The maximum atomic E-state index is 6.01. The molecule has 0 amide bonds. The summed E-state index contributed by atoms with van der Waals surface area (Å²) in [6.07, 6.45) is 13.4. The van der Waals surface area contributed by atoms with Crippen LogP contribution in [0.2, 0.25) is 13.1 Å². The summed E-state index contributed by atoms with van der Waals surface area (Å²) in [6.45, 7) is 18.5. The van der Waals surface area contributed by atoms with Gasteiger partial charge in [0.2, 0.25) is 0 Å².